The SMILES string of the molecule is C=C(C)NS(=O)(=O)C(C)C.CC(C)S(=O)(=O)CC1COC1.CCOP(=O)(OCC)C(C)S(=O)(=O)C(C)C.CCOP(C)(=O)CS(=O)(=O)C(C)C.COP(=O)(CS(=O)(=O)C(C)C)OC.COP(=O)(OC)C(C)S(=O)(=O)C(C)C. The molecule has 0 bridgehead atoms. The van der Waals surface area contributed by atoms with E-state index >= 15 is 0 Å². The Hall–Kier alpha value is -0.160. The third-order valence-electron chi connectivity index (χ3n) is 10.3. The number of sulfonamides is 1. The van der Waals surface area contributed by atoms with Crippen molar-refractivity contribution >= 4 is 89.4 Å². The van der Waals surface area contributed by atoms with E-state index in [0.717, 1.165) is 0 Å². The fourth-order valence-electron chi connectivity index (χ4n) is 4.72. The van der Waals surface area contributed by atoms with Crippen LogP contribution >= 0.6 is 30.2 Å². The molecule has 25 nitrogen and oxygen atoms in total. The van der Waals surface area contributed by atoms with Crippen molar-refractivity contribution in [3.05, 3.63) is 12.3 Å². The van der Waals surface area contributed by atoms with Crippen LogP contribution in [0.15, 0.2) is 12.3 Å². The first-order valence-corrected chi connectivity index (χ1v) is 41.3. The standard InChI is InChI=1S/C9H21O5PS.C7H17O5PS.C7H17O4PS.C7H14O3S.C6H13NO2S.C6H15O5PS/c1-6-13-15(10,14-7-2)9(5)16(11,12)8(3)4;1-6(2)14(9,10)7(3)13(8,11-4)12-5;1-5-11-12(4,8)6-13(9,10)7(2)3;1-6(2)11(8,9)5-7-3-10-4-7;1-5(2)7-10(8,9)6(3)4;1-6(2)13(8,9)5-12(7,10-3)11-4/h8-9H,6-7H2,1-5H3;6-7H,1-5H3;7H,5-6H2,1-4H3;6-7H,3-5H2,1-2H3;6-7H,1H2,2-4H3;6H,5H2,1-4H3. The van der Waals surface area contributed by atoms with Gasteiger partial charge in [0.2, 0.25) is 17.4 Å². The first kappa shape index (κ1) is 85.6. The molecule has 3 unspecified atom stereocenters. The van der Waals surface area contributed by atoms with Gasteiger partial charge in [0.25, 0.3) is 0 Å². The molecule has 1 aliphatic heterocycles. The quantitative estimate of drug-likeness (QED) is 0.0719. The molecule has 0 saturated carbocycles. The summed E-state index contributed by atoms with van der Waals surface area (Å²) < 4.78 is 224. The number of sulfone groups is 5. The highest BCUT2D eigenvalue weighted by atomic mass is 32.2. The number of allylic oxidation sites excluding steroid dienone is 1. The lowest BCUT2D eigenvalue weighted by Gasteiger charge is -2.26. The zero-order chi connectivity index (χ0) is 62.8. The maximum absolute atomic E-state index is 12.2. The van der Waals surface area contributed by atoms with Crippen molar-refractivity contribution in [2.45, 2.75) is 166 Å². The smallest absolute Gasteiger partial charge is 0.348 e. The summed E-state index contributed by atoms with van der Waals surface area (Å²) in [6, 6.07) is 0. The van der Waals surface area contributed by atoms with E-state index in [0.29, 0.717) is 24.7 Å². The van der Waals surface area contributed by atoms with Crippen LogP contribution in [-0.4, -0.2) is 177 Å². The zero-order valence-electron chi connectivity index (χ0n) is 49.6. The van der Waals surface area contributed by atoms with E-state index in [1.807, 2.05) is 0 Å². The fourth-order valence-corrected chi connectivity index (χ4v) is 24.0. The van der Waals surface area contributed by atoms with E-state index in [4.69, 9.17) is 18.3 Å². The van der Waals surface area contributed by atoms with Gasteiger partial charge in [0.1, 0.15) is 5.49 Å². The molecule has 1 heterocycles. The molecule has 0 radical (unpaired) electrons. The minimum absolute atomic E-state index is 0.162. The predicted octanol–water partition coefficient (Wildman–Crippen LogP) is 8.33. The topological polar surface area (TPSA) is 359 Å². The van der Waals surface area contributed by atoms with E-state index < -0.39 is 131 Å². The molecule has 470 valence electrons. The monoisotopic (exact) mass is 1320 g/mol. The summed E-state index contributed by atoms with van der Waals surface area (Å²) >= 11 is 0. The molecule has 0 spiro atoms. The number of hydrogen-bond acceptors (Lipinski definition) is 24. The molecule has 0 aromatic carbocycles. The van der Waals surface area contributed by atoms with Gasteiger partial charge in [-0.1, -0.05) is 6.58 Å². The Morgan fingerprint density at radius 1 is 0.506 bits per heavy atom. The molecule has 1 fully saturated rings. The van der Waals surface area contributed by atoms with Crippen molar-refractivity contribution in [2.24, 2.45) is 5.92 Å². The molecular weight excluding hydrogens is 1220 g/mol. The number of nitrogens with one attached hydrogen (secondary N) is 1. The van der Waals surface area contributed by atoms with Gasteiger partial charge in [-0.3, -0.25) is 23.0 Å². The van der Waals surface area contributed by atoms with Crippen LogP contribution in [0.5, 0.6) is 0 Å². The van der Waals surface area contributed by atoms with Crippen LogP contribution in [0.2, 0.25) is 0 Å². The lowest BCUT2D eigenvalue weighted by Crippen LogP contribution is -2.36. The summed E-state index contributed by atoms with van der Waals surface area (Å²) in [5, 5.41) is -2.92. The highest BCUT2D eigenvalue weighted by Gasteiger charge is 2.43. The van der Waals surface area contributed by atoms with Crippen LogP contribution in [0.25, 0.3) is 0 Å². The lowest BCUT2D eigenvalue weighted by atomic mass is 10.1. The molecule has 1 N–H and O–H groups in total. The number of hydrogen-bond donors (Lipinski definition) is 1. The molecule has 1 rings (SSSR count). The second kappa shape index (κ2) is 37.2. The van der Waals surface area contributed by atoms with E-state index in [-0.39, 0.29) is 36.5 Å². The highest BCUT2D eigenvalue weighted by Crippen LogP contribution is 2.56. The van der Waals surface area contributed by atoms with Gasteiger partial charge in [0.15, 0.2) is 64.7 Å². The van der Waals surface area contributed by atoms with E-state index in [1.165, 1.54) is 76.6 Å². The Bertz CT molecular complexity index is 2590. The van der Waals surface area contributed by atoms with Gasteiger partial charge in [0, 0.05) is 46.7 Å². The molecule has 35 heteroatoms. The second-order valence-corrected chi connectivity index (χ2v) is 45.6. The van der Waals surface area contributed by atoms with Gasteiger partial charge in [-0.05, 0) is 125 Å². The normalized spacial score (nSPS) is 15.7. The summed E-state index contributed by atoms with van der Waals surface area (Å²) in [6.45, 7) is 35.0. The van der Waals surface area contributed by atoms with Gasteiger partial charge in [-0.2, -0.15) is 0 Å². The van der Waals surface area contributed by atoms with Crippen LogP contribution in [0.1, 0.15) is 125 Å². The van der Waals surface area contributed by atoms with Crippen LogP contribution in [0.4, 0.5) is 0 Å². The first-order valence-electron chi connectivity index (χ1n) is 24.2. The maximum Gasteiger partial charge on any atom is 0.348 e. The Balaban J connectivity index is -0.000000271. The van der Waals surface area contributed by atoms with Crippen molar-refractivity contribution < 1.29 is 105 Å². The third-order valence-corrected chi connectivity index (χ3v) is 37.2. The molecule has 77 heavy (non-hydrogen) atoms. The molecule has 1 saturated heterocycles. The van der Waals surface area contributed by atoms with Gasteiger partial charge in [0.05, 0.1) is 70.3 Å². The molecular formula is C42H97NO24P4S6. The third kappa shape index (κ3) is 33.1. The largest absolute Gasteiger partial charge is 0.381 e. The fraction of sp³-hybridized carbons (Fsp3) is 0.952. The summed E-state index contributed by atoms with van der Waals surface area (Å²) in [5.74, 6) is 0.549. The molecule has 0 aliphatic carbocycles. The van der Waals surface area contributed by atoms with Crippen LogP contribution in [-0.2, 0) is 114 Å². The molecule has 0 aromatic heterocycles. The van der Waals surface area contributed by atoms with Crippen LogP contribution < -0.4 is 4.72 Å². The Kier molecular flexibility index (Phi) is 41.4. The Labute approximate surface area is 465 Å². The molecule has 0 aromatic rings. The van der Waals surface area contributed by atoms with Crippen LogP contribution in [0.3, 0.4) is 0 Å². The van der Waals surface area contributed by atoms with Gasteiger partial charge in [-0.15, -0.1) is 0 Å². The minimum atomic E-state index is -3.57. The Morgan fingerprint density at radius 3 is 1.05 bits per heavy atom. The molecule has 3 atom stereocenters. The first-order chi connectivity index (χ1) is 34.3. The van der Waals surface area contributed by atoms with Gasteiger partial charge < -0.3 is 36.4 Å². The van der Waals surface area contributed by atoms with E-state index in [9.17, 15) is 68.8 Å². The van der Waals surface area contributed by atoms with Crippen molar-refractivity contribution in [3.8, 4) is 0 Å². The van der Waals surface area contributed by atoms with Crippen LogP contribution in [0, 0.1) is 5.92 Å². The summed E-state index contributed by atoms with van der Waals surface area (Å²) in [6.07, 6.45) is 0. The van der Waals surface area contributed by atoms with Crippen molar-refractivity contribution in [1.29, 1.82) is 0 Å². The van der Waals surface area contributed by atoms with Crippen molar-refractivity contribution in [1.82, 2.24) is 4.72 Å². The predicted molar refractivity (Wildman–Crippen MR) is 309 cm³/mol. The minimum Gasteiger partial charge on any atom is -0.381 e. The second-order valence-electron chi connectivity index (χ2n) is 18.6. The summed E-state index contributed by atoms with van der Waals surface area (Å²) in [5.41, 5.74) is -0.468. The van der Waals surface area contributed by atoms with Crippen molar-refractivity contribution in [3.63, 3.8) is 0 Å². The van der Waals surface area contributed by atoms with E-state index in [2.05, 4.69) is 29.4 Å². The number of rotatable bonds is 28. The van der Waals surface area contributed by atoms with Gasteiger partial charge in [-0.25, -0.2) is 50.5 Å². The molecule has 1 aliphatic rings. The lowest BCUT2D eigenvalue weighted by molar-refractivity contribution is -0.0204. The molecule has 0 amide bonds. The highest BCUT2D eigenvalue weighted by molar-refractivity contribution is 8.00. The number of ether oxygens (including phenoxy) is 1. The maximum atomic E-state index is 12.2. The summed E-state index contributed by atoms with van der Waals surface area (Å²) in [4.78, 5) is -2.26. The average Bonchev–Trinajstić information content (AvgIpc) is 3.26. The van der Waals surface area contributed by atoms with E-state index in [1.54, 1.807) is 83.1 Å². The summed E-state index contributed by atoms with van der Waals surface area (Å²) in [7, 11) is -28.4. The van der Waals surface area contributed by atoms with Gasteiger partial charge >= 0.3 is 22.8 Å². The zero-order valence-corrected chi connectivity index (χ0v) is 58.1. The Morgan fingerprint density at radius 2 is 0.831 bits per heavy atom. The van der Waals surface area contributed by atoms with Crippen molar-refractivity contribution in [2.75, 3.05) is 84.9 Å². The average molecular weight is 1320 g/mol.